The summed E-state index contributed by atoms with van der Waals surface area (Å²) in [5.74, 6) is 0.823. The topological polar surface area (TPSA) is 29.5 Å². The quantitative estimate of drug-likeness (QED) is 0.634. The van der Waals surface area contributed by atoms with Crippen LogP contribution in [0.3, 0.4) is 0 Å². The fourth-order valence-electron chi connectivity index (χ4n) is 1.57. The van der Waals surface area contributed by atoms with Crippen molar-refractivity contribution in [2.45, 2.75) is 25.6 Å². The smallest absolute Gasteiger partial charge is 0.125 e. The number of rotatable bonds is 0. The standard InChI is InChI=1S/C10H12O2/c1-7-6-9(11)8-4-2-3-5-10(8)12-7/h2-5,7,9,11H,6H2,1H3/t7-,9-/m1/s1. The highest BCUT2D eigenvalue weighted by Crippen LogP contribution is 2.33. The van der Waals surface area contributed by atoms with Crippen LogP contribution in [0.4, 0.5) is 0 Å². The number of benzene rings is 1. The molecule has 0 aliphatic carbocycles. The lowest BCUT2D eigenvalue weighted by atomic mass is 10.0. The maximum Gasteiger partial charge on any atom is 0.125 e. The summed E-state index contributed by atoms with van der Waals surface area (Å²) in [5.41, 5.74) is 0.913. The van der Waals surface area contributed by atoms with Crippen LogP contribution in [-0.4, -0.2) is 11.2 Å². The molecule has 0 radical (unpaired) electrons. The highest BCUT2D eigenvalue weighted by molar-refractivity contribution is 5.36. The van der Waals surface area contributed by atoms with E-state index in [1.807, 2.05) is 31.2 Å². The average Bonchev–Trinajstić information content (AvgIpc) is 2.04. The van der Waals surface area contributed by atoms with E-state index < -0.39 is 0 Å². The fourth-order valence-corrected chi connectivity index (χ4v) is 1.57. The Morgan fingerprint density at radius 1 is 1.42 bits per heavy atom. The van der Waals surface area contributed by atoms with Crippen LogP contribution in [0.25, 0.3) is 0 Å². The second kappa shape index (κ2) is 2.79. The molecule has 12 heavy (non-hydrogen) atoms. The van der Waals surface area contributed by atoms with Crippen LogP contribution < -0.4 is 4.74 Å². The Kier molecular flexibility index (Phi) is 1.77. The van der Waals surface area contributed by atoms with E-state index in [-0.39, 0.29) is 12.2 Å². The number of para-hydroxylation sites is 1. The van der Waals surface area contributed by atoms with Crippen molar-refractivity contribution in [2.75, 3.05) is 0 Å². The van der Waals surface area contributed by atoms with Gasteiger partial charge in [-0.25, -0.2) is 0 Å². The molecule has 1 aliphatic heterocycles. The predicted molar refractivity (Wildman–Crippen MR) is 46.1 cm³/mol. The van der Waals surface area contributed by atoms with Crippen LogP contribution in [0.1, 0.15) is 25.0 Å². The highest BCUT2D eigenvalue weighted by Gasteiger charge is 2.22. The Bertz CT molecular complexity index is 283. The van der Waals surface area contributed by atoms with Crippen molar-refractivity contribution in [3.8, 4) is 5.75 Å². The molecule has 0 bridgehead atoms. The maximum atomic E-state index is 9.65. The van der Waals surface area contributed by atoms with Crippen LogP contribution in [-0.2, 0) is 0 Å². The van der Waals surface area contributed by atoms with Gasteiger partial charge in [-0.05, 0) is 13.0 Å². The first-order valence-corrected chi connectivity index (χ1v) is 4.21. The molecule has 64 valence electrons. The minimum absolute atomic E-state index is 0.120. The van der Waals surface area contributed by atoms with E-state index in [0.29, 0.717) is 6.42 Å². The lowest BCUT2D eigenvalue weighted by Gasteiger charge is -2.26. The zero-order valence-electron chi connectivity index (χ0n) is 7.03. The van der Waals surface area contributed by atoms with E-state index in [4.69, 9.17) is 4.74 Å². The predicted octanol–water partition coefficient (Wildman–Crippen LogP) is 1.89. The van der Waals surface area contributed by atoms with E-state index >= 15 is 0 Å². The summed E-state index contributed by atoms with van der Waals surface area (Å²) in [6.45, 7) is 1.97. The van der Waals surface area contributed by atoms with Crippen molar-refractivity contribution in [3.63, 3.8) is 0 Å². The molecule has 1 aliphatic rings. The molecule has 0 saturated heterocycles. The Balaban J connectivity index is 2.40. The van der Waals surface area contributed by atoms with E-state index in [0.717, 1.165) is 11.3 Å². The van der Waals surface area contributed by atoms with Gasteiger partial charge in [0.25, 0.3) is 0 Å². The largest absolute Gasteiger partial charge is 0.490 e. The molecule has 0 fully saturated rings. The Morgan fingerprint density at radius 2 is 2.17 bits per heavy atom. The van der Waals surface area contributed by atoms with Gasteiger partial charge in [0, 0.05) is 12.0 Å². The molecule has 0 saturated carbocycles. The molecule has 2 rings (SSSR count). The summed E-state index contributed by atoms with van der Waals surface area (Å²) < 4.78 is 5.54. The molecular formula is C10H12O2. The molecule has 1 N–H and O–H groups in total. The van der Waals surface area contributed by atoms with Crippen LogP contribution in [0, 0.1) is 0 Å². The van der Waals surface area contributed by atoms with Gasteiger partial charge in [0.1, 0.15) is 5.75 Å². The maximum absolute atomic E-state index is 9.65. The van der Waals surface area contributed by atoms with Crippen molar-refractivity contribution in [3.05, 3.63) is 29.8 Å². The van der Waals surface area contributed by atoms with Gasteiger partial charge in [-0.15, -0.1) is 0 Å². The third kappa shape index (κ3) is 1.18. The monoisotopic (exact) mass is 164 g/mol. The molecule has 2 nitrogen and oxygen atoms in total. The van der Waals surface area contributed by atoms with Crippen LogP contribution >= 0.6 is 0 Å². The molecule has 0 unspecified atom stereocenters. The van der Waals surface area contributed by atoms with Crippen molar-refractivity contribution in [1.29, 1.82) is 0 Å². The molecule has 0 amide bonds. The third-order valence-electron chi connectivity index (χ3n) is 2.16. The van der Waals surface area contributed by atoms with Gasteiger partial charge in [-0.3, -0.25) is 0 Å². The van der Waals surface area contributed by atoms with E-state index in [1.54, 1.807) is 0 Å². The van der Waals surface area contributed by atoms with Gasteiger partial charge in [-0.1, -0.05) is 18.2 Å². The van der Waals surface area contributed by atoms with Gasteiger partial charge in [0.2, 0.25) is 0 Å². The molecular weight excluding hydrogens is 152 g/mol. The Morgan fingerprint density at radius 3 is 3.00 bits per heavy atom. The van der Waals surface area contributed by atoms with Gasteiger partial charge < -0.3 is 9.84 Å². The number of hydrogen-bond acceptors (Lipinski definition) is 2. The highest BCUT2D eigenvalue weighted by atomic mass is 16.5. The molecule has 2 atom stereocenters. The third-order valence-corrected chi connectivity index (χ3v) is 2.16. The molecule has 0 spiro atoms. The molecule has 0 aromatic heterocycles. The van der Waals surface area contributed by atoms with E-state index in [2.05, 4.69) is 0 Å². The first-order chi connectivity index (χ1) is 5.77. The summed E-state index contributed by atoms with van der Waals surface area (Å²) in [7, 11) is 0. The first kappa shape index (κ1) is 7.62. The van der Waals surface area contributed by atoms with Gasteiger partial charge >= 0.3 is 0 Å². The summed E-state index contributed by atoms with van der Waals surface area (Å²) in [6.07, 6.45) is 0.455. The summed E-state index contributed by atoms with van der Waals surface area (Å²) in [5, 5.41) is 9.65. The summed E-state index contributed by atoms with van der Waals surface area (Å²) in [6, 6.07) is 7.64. The van der Waals surface area contributed by atoms with Gasteiger partial charge in [0.05, 0.1) is 12.2 Å². The molecule has 1 aromatic carbocycles. The Labute approximate surface area is 71.8 Å². The van der Waals surface area contributed by atoms with Crippen molar-refractivity contribution >= 4 is 0 Å². The van der Waals surface area contributed by atoms with Crippen LogP contribution in [0.2, 0.25) is 0 Å². The number of hydrogen-bond donors (Lipinski definition) is 1. The number of aliphatic hydroxyl groups is 1. The van der Waals surface area contributed by atoms with E-state index in [1.165, 1.54) is 0 Å². The minimum Gasteiger partial charge on any atom is -0.490 e. The normalized spacial score (nSPS) is 27.5. The molecule has 2 heteroatoms. The van der Waals surface area contributed by atoms with Gasteiger partial charge in [-0.2, -0.15) is 0 Å². The zero-order chi connectivity index (χ0) is 8.55. The number of aliphatic hydroxyl groups excluding tert-OH is 1. The van der Waals surface area contributed by atoms with Crippen molar-refractivity contribution < 1.29 is 9.84 Å². The first-order valence-electron chi connectivity index (χ1n) is 4.21. The molecule has 1 aromatic rings. The minimum atomic E-state index is -0.357. The molecule has 1 heterocycles. The Hall–Kier alpha value is -1.02. The van der Waals surface area contributed by atoms with Crippen molar-refractivity contribution in [1.82, 2.24) is 0 Å². The SMILES string of the molecule is C[C@@H]1C[C@@H](O)c2ccccc2O1. The number of fused-ring (bicyclic) bond motifs is 1. The van der Waals surface area contributed by atoms with Gasteiger partial charge in [0.15, 0.2) is 0 Å². The lowest BCUT2D eigenvalue weighted by Crippen LogP contribution is -2.22. The fraction of sp³-hybridized carbons (Fsp3) is 0.400. The van der Waals surface area contributed by atoms with Crippen LogP contribution in [0.5, 0.6) is 5.75 Å². The van der Waals surface area contributed by atoms with Crippen molar-refractivity contribution in [2.24, 2.45) is 0 Å². The second-order valence-corrected chi connectivity index (χ2v) is 3.22. The average molecular weight is 164 g/mol. The number of ether oxygens (including phenoxy) is 1. The lowest BCUT2D eigenvalue weighted by molar-refractivity contribution is 0.0749. The summed E-state index contributed by atoms with van der Waals surface area (Å²) in [4.78, 5) is 0. The summed E-state index contributed by atoms with van der Waals surface area (Å²) >= 11 is 0. The second-order valence-electron chi connectivity index (χ2n) is 3.22. The van der Waals surface area contributed by atoms with E-state index in [9.17, 15) is 5.11 Å². The van der Waals surface area contributed by atoms with Crippen LogP contribution in [0.15, 0.2) is 24.3 Å². The zero-order valence-corrected chi connectivity index (χ0v) is 7.03.